The maximum absolute atomic E-state index is 13.6. The SMILES string of the molecule is CCNC(=NCc1nc(C(F)(F)F)cs1)NCC(C)Oc1ccccc1F. The molecule has 1 aromatic heterocycles. The lowest BCUT2D eigenvalue weighted by molar-refractivity contribution is -0.140. The van der Waals surface area contributed by atoms with E-state index in [9.17, 15) is 17.6 Å². The highest BCUT2D eigenvalue weighted by Gasteiger charge is 2.33. The van der Waals surface area contributed by atoms with E-state index in [1.165, 1.54) is 12.1 Å². The molecule has 0 amide bonds. The Morgan fingerprint density at radius 3 is 2.67 bits per heavy atom. The first-order chi connectivity index (χ1) is 12.8. The third kappa shape index (κ3) is 6.70. The van der Waals surface area contributed by atoms with Crippen molar-refractivity contribution in [1.82, 2.24) is 15.6 Å². The zero-order valence-corrected chi connectivity index (χ0v) is 15.6. The number of nitrogens with one attached hydrogen (secondary N) is 2. The highest BCUT2D eigenvalue weighted by atomic mass is 32.1. The first-order valence-corrected chi connectivity index (χ1v) is 9.12. The van der Waals surface area contributed by atoms with E-state index in [0.29, 0.717) is 19.0 Å². The van der Waals surface area contributed by atoms with Crippen LogP contribution in [0.4, 0.5) is 17.6 Å². The van der Waals surface area contributed by atoms with Crippen molar-refractivity contribution in [1.29, 1.82) is 0 Å². The molecule has 0 aliphatic heterocycles. The summed E-state index contributed by atoms with van der Waals surface area (Å²) in [4.78, 5) is 7.76. The predicted molar refractivity (Wildman–Crippen MR) is 96.4 cm³/mol. The molecule has 2 N–H and O–H groups in total. The number of ether oxygens (including phenoxy) is 1. The molecule has 0 aliphatic rings. The Balaban J connectivity index is 1.91. The number of para-hydroxylation sites is 1. The number of thiazole rings is 1. The van der Waals surface area contributed by atoms with Crippen LogP contribution < -0.4 is 15.4 Å². The van der Waals surface area contributed by atoms with Crippen molar-refractivity contribution in [3.63, 3.8) is 0 Å². The van der Waals surface area contributed by atoms with Gasteiger partial charge >= 0.3 is 6.18 Å². The van der Waals surface area contributed by atoms with Gasteiger partial charge in [0.15, 0.2) is 23.2 Å². The van der Waals surface area contributed by atoms with Crippen LogP contribution in [0.25, 0.3) is 0 Å². The van der Waals surface area contributed by atoms with Crippen LogP contribution in [0.1, 0.15) is 24.5 Å². The number of hydrogen-bond acceptors (Lipinski definition) is 4. The second-order valence-corrected chi connectivity index (χ2v) is 6.50. The van der Waals surface area contributed by atoms with Gasteiger partial charge < -0.3 is 15.4 Å². The van der Waals surface area contributed by atoms with Crippen molar-refractivity contribution in [3.8, 4) is 5.75 Å². The molecule has 0 saturated carbocycles. The number of rotatable bonds is 7. The Kier molecular flexibility index (Phi) is 7.40. The monoisotopic (exact) mass is 404 g/mol. The molecule has 5 nitrogen and oxygen atoms in total. The molecule has 0 fully saturated rings. The number of benzene rings is 1. The summed E-state index contributed by atoms with van der Waals surface area (Å²) >= 11 is 0.904. The first-order valence-electron chi connectivity index (χ1n) is 8.24. The lowest BCUT2D eigenvalue weighted by Gasteiger charge is -2.17. The van der Waals surface area contributed by atoms with Gasteiger partial charge in [-0.1, -0.05) is 12.1 Å². The van der Waals surface area contributed by atoms with Gasteiger partial charge in [0.05, 0.1) is 13.1 Å². The van der Waals surface area contributed by atoms with E-state index < -0.39 is 17.7 Å². The average molecular weight is 404 g/mol. The normalized spacial score (nSPS) is 13.3. The summed E-state index contributed by atoms with van der Waals surface area (Å²) in [6.07, 6.45) is -4.82. The number of nitrogens with zero attached hydrogens (tertiary/aromatic N) is 2. The van der Waals surface area contributed by atoms with Gasteiger partial charge in [-0.15, -0.1) is 11.3 Å². The second-order valence-electron chi connectivity index (χ2n) is 5.56. The number of guanidine groups is 1. The molecule has 0 aliphatic carbocycles. The van der Waals surface area contributed by atoms with E-state index >= 15 is 0 Å². The van der Waals surface area contributed by atoms with Gasteiger partial charge in [0.25, 0.3) is 0 Å². The van der Waals surface area contributed by atoms with Crippen molar-refractivity contribution >= 4 is 17.3 Å². The summed E-state index contributed by atoms with van der Waals surface area (Å²) in [5.74, 6) is 0.107. The van der Waals surface area contributed by atoms with E-state index in [2.05, 4.69) is 20.6 Å². The summed E-state index contributed by atoms with van der Waals surface area (Å²) in [6.45, 7) is 4.53. The molecule has 0 saturated heterocycles. The molecule has 1 unspecified atom stereocenters. The molecule has 0 radical (unpaired) electrons. The van der Waals surface area contributed by atoms with Crippen molar-refractivity contribution in [2.75, 3.05) is 13.1 Å². The number of aliphatic imine (C=N–C) groups is 1. The maximum atomic E-state index is 13.6. The van der Waals surface area contributed by atoms with Crippen LogP contribution in [-0.2, 0) is 12.7 Å². The number of aromatic nitrogens is 1. The fraction of sp³-hybridized carbons (Fsp3) is 0.412. The van der Waals surface area contributed by atoms with Gasteiger partial charge in [0.2, 0.25) is 0 Å². The second kappa shape index (κ2) is 9.54. The Morgan fingerprint density at radius 1 is 1.30 bits per heavy atom. The van der Waals surface area contributed by atoms with Crippen molar-refractivity contribution in [2.24, 2.45) is 4.99 Å². The molecule has 148 valence electrons. The van der Waals surface area contributed by atoms with Gasteiger partial charge in [0.1, 0.15) is 11.1 Å². The van der Waals surface area contributed by atoms with Crippen LogP contribution in [0.5, 0.6) is 5.75 Å². The van der Waals surface area contributed by atoms with E-state index in [-0.39, 0.29) is 23.4 Å². The molecule has 27 heavy (non-hydrogen) atoms. The smallest absolute Gasteiger partial charge is 0.434 e. The highest BCUT2D eigenvalue weighted by Crippen LogP contribution is 2.30. The summed E-state index contributed by atoms with van der Waals surface area (Å²) in [5, 5.41) is 7.23. The molecule has 1 aromatic carbocycles. The number of hydrogen-bond donors (Lipinski definition) is 2. The lowest BCUT2D eigenvalue weighted by atomic mass is 10.3. The molecule has 2 aromatic rings. The average Bonchev–Trinajstić information content (AvgIpc) is 3.09. The van der Waals surface area contributed by atoms with Gasteiger partial charge in [-0.25, -0.2) is 14.4 Å². The van der Waals surface area contributed by atoms with Gasteiger partial charge in [-0.05, 0) is 26.0 Å². The molecule has 0 bridgehead atoms. The lowest BCUT2D eigenvalue weighted by Crippen LogP contribution is -2.41. The van der Waals surface area contributed by atoms with E-state index in [4.69, 9.17) is 4.74 Å². The maximum Gasteiger partial charge on any atom is 0.434 e. The quantitative estimate of drug-likeness (QED) is 0.418. The van der Waals surface area contributed by atoms with Crippen LogP contribution in [-0.4, -0.2) is 30.1 Å². The van der Waals surface area contributed by atoms with Gasteiger partial charge in [-0.3, -0.25) is 0 Å². The van der Waals surface area contributed by atoms with E-state index in [1.807, 2.05) is 6.92 Å². The number of alkyl halides is 3. The first kappa shape index (κ1) is 20.9. The molecule has 2 rings (SSSR count). The Labute approximate surface area is 158 Å². The minimum atomic E-state index is -4.46. The van der Waals surface area contributed by atoms with E-state index in [0.717, 1.165) is 16.7 Å². The summed E-state index contributed by atoms with van der Waals surface area (Å²) in [6, 6.07) is 6.09. The van der Waals surface area contributed by atoms with Crippen molar-refractivity contribution in [2.45, 2.75) is 32.7 Å². The molecular formula is C17H20F4N4OS. The molecule has 10 heteroatoms. The fourth-order valence-electron chi connectivity index (χ4n) is 2.04. The highest BCUT2D eigenvalue weighted by molar-refractivity contribution is 7.09. The van der Waals surface area contributed by atoms with Crippen molar-refractivity contribution < 1.29 is 22.3 Å². The van der Waals surface area contributed by atoms with Crippen LogP contribution >= 0.6 is 11.3 Å². The largest absolute Gasteiger partial charge is 0.486 e. The minimum absolute atomic E-state index is 0.0125. The van der Waals surface area contributed by atoms with Crippen molar-refractivity contribution in [3.05, 3.63) is 46.2 Å². The Morgan fingerprint density at radius 2 is 2.04 bits per heavy atom. The Hall–Kier alpha value is -2.36. The van der Waals surface area contributed by atoms with E-state index in [1.54, 1.807) is 19.1 Å². The molecule has 0 spiro atoms. The van der Waals surface area contributed by atoms with Crippen LogP contribution in [0.3, 0.4) is 0 Å². The zero-order valence-electron chi connectivity index (χ0n) is 14.8. The topological polar surface area (TPSA) is 58.5 Å². The zero-order chi connectivity index (χ0) is 19.9. The number of halogens is 4. The Bertz CT molecular complexity index is 763. The predicted octanol–water partition coefficient (Wildman–Crippen LogP) is 3.82. The fourth-order valence-corrected chi connectivity index (χ4v) is 2.77. The molecule has 1 atom stereocenters. The van der Waals surface area contributed by atoms with Crippen LogP contribution in [0.2, 0.25) is 0 Å². The third-order valence-electron chi connectivity index (χ3n) is 3.28. The minimum Gasteiger partial charge on any atom is -0.486 e. The molecular weight excluding hydrogens is 384 g/mol. The summed E-state index contributed by atoms with van der Waals surface area (Å²) in [5.41, 5.74) is -0.914. The summed E-state index contributed by atoms with van der Waals surface area (Å²) in [7, 11) is 0. The summed E-state index contributed by atoms with van der Waals surface area (Å²) < 4.78 is 56.9. The van der Waals surface area contributed by atoms with Crippen LogP contribution in [0.15, 0.2) is 34.6 Å². The van der Waals surface area contributed by atoms with Gasteiger partial charge in [-0.2, -0.15) is 13.2 Å². The standard InChI is InChI=1S/C17H20F4N4OS/c1-3-22-16(24-9-15-25-14(10-27-15)17(19,20)21)23-8-11(2)26-13-7-5-4-6-12(13)18/h4-7,10-11H,3,8-9H2,1-2H3,(H2,22,23,24). The molecule has 1 heterocycles. The van der Waals surface area contributed by atoms with Gasteiger partial charge in [0, 0.05) is 11.9 Å². The third-order valence-corrected chi connectivity index (χ3v) is 4.11. The van der Waals surface area contributed by atoms with Crippen LogP contribution in [0, 0.1) is 5.82 Å².